The Labute approximate surface area is 222 Å². The SMILES string of the molecule is CN1C(C)(C)CC(Nc2nc(Nc3ccc4c(c3)OCC(C(=O)N3CCOCC3)O4)ncc2F)CC1(C)C. The minimum absolute atomic E-state index is 0.0407. The Morgan fingerprint density at radius 1 is 1.11 bits per heavy atom. The van der Waals surface area contributed by atoms with Crippen LogP contribution in [0.25, 0.3) is 0 Å². The summed E-state index contributed by atoms with van der Waals surface area (Å²) in [4.78, 5) is 25.4. The van der Waals surface area contributed by atoms with Crippen LogP contribution in [0.2, 0.25) is 0 Å². The zero-order valence-electron chi connectivity index (χ0n) is 22.7. The molecule has 1 unspecified atom stereocenters. The highest BCUT2D eigenvalue weighted by Gasteiger charge is 2.43. The largest absolute Gasteiger partial charge is 0.485 e. The van der Waals surface area contributed by atoms with Gasteiger partial charge in [-0.25, -0.2) is 9.37 Å². The number of carbonyl (C=O) groups is 1. The molecule has 1 aromatic heterocycles. The van der Waals surface area contributed by atoms with Gasteiger partial charge in [0.2, 0.25) is 12.1 Å². The molecule has 3 aliphatic rings. The molecule has 10 nitrogen and oxygen atoms in total. The number of amides is 1. The Morgan fingerprint density at radius 3 is 2.53 bits per heavy atom. The average molecular weight is 529 g/mol. The lowest BCUT2D eigenvalue weighted by Crippen LogP contribution is -2.61. The molecule has 0 spiro atoms. The first-order valence-corrected chi connectivity index (χ1v) is 13.1. The van der Waals surface area contributed by atoms with E-state index in [0.29, 0.717) is 43.5 Å². The fraction of sp³-hybridized carbons (Fsp3) is 0.593. The molecule has 38 heavy (non-hydrogen) atoms. The highest BCUT2D eigenvalue weighted by atomic mass is 19.1. The molecule has 0 aliphatic carbocycles. The normalized spacial score (nSPS) is 23.1. The second-order valence-corrected chi connectivity index (χ2v) is 11.5. The third kappa shape index (κ3) is 5.49. The summed E-state index contributed by atoms with van der Waals surface area (Å²) in [5.74, 6) is 0.837. The first kappa shape index (κ1) is 26.4. The van der Waals surface area contributed by atoms with Crippen LogP contribution in [0, 0.1) is 5.82 Å². The van der Waals surface area contributed by atoms with Crippen molar-refractivity contribution in [2.24, 2.45) is 0 Å². The quantitative estimate of drug-likeness (QED) is 0.605. The summed E-state index contributed by atoms with van der Waals surface area (Å²) < 4.78 is 31.8. The number of morpholine rings is 1. The Kier molecular flexibility index (Phi) is 7.08. The molecule has 2 aromatic rings. The number of halogens is 1. The van der Waals surface area contributed by atoms with Gasteiger partial charge < -0.3 is 29.7 Å². The number of likely N-dealkylation sites (tertiary alicyclic amines) is 1. The Hall–Kier alpha value is -3.18. The highest BCUT2D eigenvalue weighted by Crippen LogP contribution is 2.38. The molecule has 0 saturated carbocycles. The van der Waals surface area contributed by atoms with Crippen molar-refractivity contribution >= 4 is 23.4 Å². The van der Waals surface area contributed by atoms with E-state index in [-0.39, 0.29) is 41.4 Å². The van der Waals surface area contributed by atoms with E-state index in [2.05, 4.69) is 60.2 Å². The number of benzene rings is 1. The van der Waals surface area contributed by atoms with Gasteiger partial charge >= 0.3 is 0 Å². The molecule has 2 fully saturated rings. The van der Waals surface area contributed by atoms with Gasteiger partial charge in [0.05, 0.1) is 19.4 Å². The Morgan fingerprint density at radius 2 is 1.82 bits per heavy atom. The number of carbonyl (C=O) groups excluding carboxylic acids is 1. The van der Waals surface area contributed by atoms with E-state index in [4.69, 9.17) is 14.2 Å². The summed E-state index contributed by atoms with van der Waals surface area (Å²) in [7, 11) is 2.14. The fourth-order valence-electron chi connectivity index (χ4n) is 5.58. The summed E-state index contributed by atoms with van der Waals surface area (Å²) in [5, 5.41) is 6.44. The molecule has 1 atom stereocenters. The molecule has 3 aliphatic heterocycles. The predicted molar refractivity (Wildman–Crippen MR) is 142 cm³/mol. The number of rotatable bonds is 5. The smallest absolute Gasteiger partial charge is 0.267 e. The van der Waals surface area contributed by atoms with Crippen LogP contribution in [-0.2, 0) is 9.53 Å². The predicted octanol–water partition coefficient (Wildman–Crippen LogP) is 3.42. The van der Waals surface area contributed by atoms with Crippen LogP contribution in [-0.4, -0.2) is 88.9 Å². The molecular weight excluding hydrogens is 491 g/mol. The lowest BCUT2D eigenvalue weighted by molar-refractivity contribution is -0.145. The van der Waals surface area contributed by atoms with E-state index in [0.717, 1.165) is 12.8 Å². The molecule has 2 saturated heterocycles. The molecular formula is C27H37FN6O4. The third-order valence-electron chi connectivity index (χ3n) is 7.85. The van der Waals surface area contributed by atoms with Crippen molar-refractivity contribution < 1.29 is 23.4 Å². The zero-order valence-corrected chi connectivity index (χ0v) is 22.7. The molecule has 1 aromatic carbocycles. The highest BCUT2D eigenvalue weighted by molar-refractivity contribution is 5.82. The first-order valence-electron chi connectivity index (χ1n) is 13.1. The number of fused-ring (bicyclic) bond motifs is 1. The third-order valence-corrected chi connectivity index (χ3v) is 7.85. The van der Waals surface area contributed by atoms with Crippen molar-refractivity contribution in [1.82, 2.24) is 19.8 Å². The van der Waals surface area contributed by atoms with Gasteiger partial charge in [-0.05, 0) is 59.7 Å². The number of nitrogens with zero attached hydrogens (tertiary/aromatic N) is 4. The van der Waals surface area contributed by atoms with Crippen molar-refractivity contribution in [3.63, 3.8) is 0 Å². The Balaban J connectivity index is 1.25. The topological polar surface area (TPSA) is 101 Å². The minimum Gasteiger partial charge on any atom is -0.485 e. The molecule has 206 valence electrons. The maximum absolute atomic E-state index is 14.7. The van der Waals surface area contributed by atoms with E-state index in [1.807, 2.05) is 0 Å². The van der Waals surface area contributed by atoms with E-state index >= 15 is 0 Å². The number of ether oxygens (including phenoxy) is 3. The summed E-state index contributed by atoms with van der Waals surface area (Å²) >= 11 is 0. The van der Waals surface area contributed by atoms with E-state index in [1.165, 1.54) is 6.20 Å². The number of nitrogens with one attached hydrogen (secondary N) is 2. The van der Waals surface area contributed by atoms with Crippen molar-refractivity contribution in [2.45, 2.75) is 63.8 Å². The van der Waals surface area contributed by atoms with Crippen LogP contribution in [0.5, 0.6) is 11.5 Å². The van der Waals surface area contributed by atoms with Gasteiger partial charge in [-0.3, -0.25) is 9.69 Å². The minimum atomic E-state index is -0.692. The maximum Gasteiger partial charge on any atom is 0.267 e. The number of aromatic nitrogens is 2. The molecule has 4 heterocycles. The molecule has 0 bridgehead atoms. The van der Waals surface area contributed by atoms with Gasteiger partial charge in [0.25, 0.3) is 5.91 Å². The van der Waals surface area contributed by atoms with Crippen LogP contribution in [0.4, 0.5) is 21.8 Å². The van der Waals surface area contributed by atoms with Gasteiger partial charge in [-0.1, -0.05) is 0 Å². The number of anilines is 3. The van der Waals surface area contributed by atoms with Crippen LogP contribution in [0.1, 0.15) is 40.5 Å². The lowest BCUT2D eigenvalue weighted by Gasteiger charge is -2.53. The summed E-state index contributed by atoms with van der Waals surface area (Å²) in [6, 6.07) is 5.34. The van der Waals surface area contributed by atoms with Crippen LogP contribution in [0.3, 0.4) is 0 Å². The number of piperidine rings is 1. The Bertz CT molecular complexity index is 1170. The van der Waals surface area contributed by atoms with Gasteiger partial charge in [-0.2, -0.15) is 4.98 Å². The summed E-state index contributed by atoms with van der Waals surface area (Å²) in [6.45, 7) is 11.1. The second kappa shape index (κ2) is 10.2. The van der Waals surface area contributed by atoms with Crippen molar-refractivity contribution in [3.05, 3.63) is 30.2 Å². The van der Waals surface area contributed by atoms with E-state index < -0.39 is 11.9 Å². The summed E-state index contributed by atoms with van der Waals surface area (Å²) in [6.07, 6.45) is 2.19. The van der Waals surface area contributed by atoms with Crippen molar-refractivity contribution in [1.29, 1.82) is 0 Å². The van der Waals surface area contributed by atoms with Gasteiger partial charge in [0, 0.05) is 42.0 Å². The van der Waals surface area contributed by atoms with Crippen LogP contribution in [0.15, 0.2) is 24.4 Å². The molecule has 2 N–H and O–H groups in total. The van der Waals surface area contributed by atoms with Crippen LogP contribution >= 0.6 is 0 Å². The number of hydrogen-bond acceptors (Lipinski definition) is 9. The van der Waals surface area contributed by atoms with Crippen molar-refractivity contribution in [2.75, 3.05) is 50.6 Å². The van der Waals surface area contributed by atoms with E-state index in [9.17, 15) is 9.18 Å². The molecule has 1 amide bonds. The van der Waals surface area contributed by atoms with Crippen molar-refractivity contribution in [3.8, 4) is 11.5 Å². The fourth-order valence-corrected chi connectivity index (χ4v) is 5.58. The summed E-state index contributed by atoms with van der Waals surface area (Å²) in [5.41, 5.74) is 0.576. The standard InChI is InChI=1S/C27H37FN6O4/c1-26(2)13-18(14-27(3,4)33(26)5)30-23-19(28)15-29-25(32-23)31-17-6-7-20-21(12-17)37-16-22(38-20)24(35)34-8-10-36-11-9-34/h6-7,12,15,18,22H,8-11,13-14,16H2,1-5H3,(H2,29,30,31,32). The molecule has 11 heteroatoms. The van der Waals surface area contributed by atoms with Gasteiger partial charge in [-0.15, -0.1) is 0 Å². The van der Waals surface area contributed by atoms with Crippen LogP contribution < -0.4 is 20.1 Å². The zero-order chi connectivity index (χ0) is 27.1. The molecule has 0 radical (unpaired) electrons. The lowest BCUT2D eigenvalue weighted by atomic mass is 9.77. The van der Waals surface area contributed by atoms with E-state index in [1.54, 1.807) is 23.1 Å². The van der Waals surface area contributed by atoms with Gasteiger partial charge in [0.15, 0.2) is 23.1 Å². The monoisotopic (exact) mass is 528 g/mol. The first-order chi connectivity index (χ1) is 18.0. The second-order valence-electron chi connectivity index (χ2n) is 11.5. The maximum atomic E-state index is 14.7. The van der Waals surface area contributed by atoms with Gasteiger partial charge in [0.1, 0.15) is 6.61 Å². The number of hydrogen-bond donors (Lipinski definition) is 2. The molecule has 5 rings (SSSR count). The average Bonchev–Trinajstić information content (AvgIpc) is 2.88.